The Hall–Kier alpha value is -0.120. The van der Waals surface area contributed by atoms with E-state index in [9.17, 15) is 0 Å². The van der Waals surface area contributed by atoms with E-state index in [1.54, 1.807) is 0 Å². The summed E-state index contributed by atoms with van der Waals surface area (Å²) in [5.74, 6) is 0.954. The van der Waals surface area contributed by atoms with Crippen molar-refractivity contribution in [2.24, 2.45) is 11.3 Å². The van der Waals surface area contributed by atoms with Gasteiger partial charge in [-0.2, -0.15) is 0 Å². The number of ether oxygens (including phenoxy) is 1. The SMILES string of the molecule is CC(C)(C)C1CNC(C2CC2)CN1C1CCOC1. The molecule has 1 saturated carbocycles. The van der Waals surface area contributed by atoms with E-state index in [1.165, 1.54) is 25.8 Å². The number of piperazine rings is 1. The van der Waals surface area contributed by atoms with E-state index in [1.807, 2.05) is 0 Å². The Morgan fingerprint density at radius 3 is 2.50 bits per heavy atom. The average Bonchev–Trinajstić information content (AvgIpc) is 3.03. The second-order valence-electron chi connectivity index (χ2n) is 7.45. The standard InChI is InChI=1S/C15H28N2O/c1-15(2,3)14-8-16-13(11-4-5-11)9-17(14)12-6-7-18-10-12/h11-14,16H,4-10H2,1-3H3. The minimum absolute atomic E-state index is 0.351. The first-order chi connectivity index (χ1) is 8.55. The van der Waals surface area contributed by atoms with Crippen molar-refractivity contribution in [1.29, 1.82) is 0 Å². The van der Waals surface area contributed by atoms with Crippen molar-refractivity contribution >= 4 is 0 Å². The number of nitrogens with one attached hydrogen (secondary N) is 1. The second kappa shape index (κ2) is 4.77. The minimum Gasteiger partial charge on any atom is -0.380 e. The van der Waals surface area contributed by atoms with Gasteiger partial charge in [0.15, 0.2) is 0 Å². The van der Waals surface area contributed by atoms with Gasteiger partial charge in [0.05, 0.1) is 6.61 Å². The lowest BCUT2D eigenvalue weighted by Crippen LogP contribution is -2.63. The molecule has 0 aromatic rings. The van der Waals surface area contributed by atoms with Crippen LogP contribution < -0.4 is 5.32 Å². The predicted octanol–water partition coefficient (Wildman–Crippen LogP) is 1.87. The number of rotatable bonds is 2. The molecule has 0 aromatic heterocycles. The zero-order valence-corrected chi connectivity index (χ0v) is 12.1. The van der Waals surface area contributed by atoms with E-state index >= 15 is 0 Å². The second-order valence-corrected chi connectivity index (χ2v) is 7.45. The molecule has 2 heterocycles. The average molecular weight is 252 g/mol. The molecule has 18 heavy (non-hydrogen) atoms. The summed E-state index contributed by atoms with van der Waals surface area (Å²) in [4.78, 5) is 2.77. The van der Waals surface area contributed by atoms with Crippen LogP contribution in [0.2, 0.25) is 0 Å². The highest BCUT2D eigenvalue weighted by Crippen LogP contribution is 2.37. The van der Waals surface area contributed by atoms with Gasteiger partial charge in [-0.15, -0.1) is 0 Å². The largest absolute Gasteiger partial charge is 0.380 e. The van der Waals surface area contributed by atoms with Gasteiger partial charge in [0.1, 0.15) is 0 Å². The zero-order chi connectivity index (χ0) is 12.8. The van der Waals surface area contributed by atoms with Crippen LogP contribution in [-0.4, -0.2) is 49.3 Å². The Kier molecular flexibility index (Phi) is 3.41. The van der Waals surface area contributed by atoms with Crippen LogP contribution in [0.5, 0.6) is 0 Å². The lowest BCUT2D eigenvalue weighted by atomic mass is 9.82. The van der Waals surface area contributed by atoms with Gasteiger partial charge in [0.25, 0.3) is 0 Å². The van der Waals surface area contributed by atoms with Crippen molar-refractivity contribution in [3.05, 3.63) is 0 Å². The van der Waals surface area contributed by atoms with Crippen LogP contribution in [0, 0.1) is 11.3 Å². The van der Waals surface area contributed by atoms with Crippen molar-refractivity contribution in [3.8, 4) is 0 Å². The van der Waals surface area contributed by atoms with Gasteiger partial charge in [0, 0.05) is 37.8 Å². The van der Waals surface area contributed by atoms with Crippen LogP contribution in [0.1, 0.15) is 40.0 Å². The van der Waals surface area contributed by atoms with Gasteiger partial charge < -0.3 is 10.1 Å². The van der Waals surface area contributed by atoms with Crippen molar-refractivity contribution in [2.75, 3.05) is 26.3 Å². The lowest BCUT2D eigenvalue weighted by molar-refractivity contribution is 0.0129. The fourth-order valence-corrected chi connectivity index (χ4v) is 3.60. The molecule has 2 saturated heterocycles. The van der Waals surface area contributed by atoms with Crippen molar-refractivity contribution in [3.63, 3.8) is 0 Å². The monoisotopic (exact) mass is 252 g/mol. The Morgan fingerprint density at radius 2 is 1.94 bits per heavy atom. The molecule has 3 heteroatoms. The summed E-state index contributed by atoms with van der Waals surface area (Å²) < 4.78 is 5.62. The Balaban J connectivity index is 1.72. The van der Waals surface area contributed by atoms with Gasteiger partial charge in [0.2, 0.25) is 0 Å². The highest BCUT2D eigenvalue weighted by Gasteiger charge is 2.43. The predicted molar refractivity (Wildman–Crippen MR) is 73.7 cm³/mol. The molecule has 1 aliphatic carbocycles. The van der Waals surface area contributed by atoms with E-state index in [-0.39, 0.29) is 0 Å². The van der Waals surface area contributed by atoms with E-state index in [2.05, 4.69) is 31.0 Å². The molecule has 3 atom stereocenters. The van der Waals surface area contributed by atoms with Crippen LogP contribution >= 0.6 is 0 Å². The smallest absolute Gasteiger partial charge is 0.0622 e. The summed E-state index contributed by atoms with van der Waals surface area (Å²) in [7, 11) is 0. The van der Waals surface area contributed by atoms with E-state index in [0.717, 1.165) is 31.7 Å². The topological polar surface area (TPSA) is 24.5 Å². The summed E-state index contributed by atoms with van der Waals surface area (Å²) in [6.45, 7) is 11.4. The molecule has 104 valence electrons. The zero-order valence-electron chi connectivity index (χ0n) is 12.1. The first-order valence-electron chi connectivity index (χ1n) is 7.62. The van der Waals surface area contributed by atoms with Gasteiger partial charge in [-0.3, -0.25) is 4.90 Å². The fraction of sp³-hybridized carbons (Fsp3) is 1.00. The number of hydrogen-bond donors (Lipinski definition) is 1. The van der Waals surface area contributed by atoms with Gasteiger partial charge in [-0.25, -0.2) is 0 Å². The molecular formula is C15H28N2O. The third-order valence-corrected chi connectivity index (χ3v) is 4.95. The molecule has 3 fully saturated rings. The summed E-state index contributed by atoms with van der Waals surface area (Å²) in [5, 5.41) is 3.81. The maximum Gasteiger partial charge on any atom is 0.0622 e. The van der Waals surface area contributed by atoms with Crippen LogP contribution in [0.25, 0.3) is 0 Å². The van der Waals surface area contributed by atoms with Crippen LogP contribution in [-0.2, 0) is 4.74 Å². The Bertz CT molecular complexity index is 289. The van der Waals surface area contributed by atoms with Gasteiger partial charge in [-0.1, -0.05) is 20.8 Å². The molecule has 0 bridgehead atoms. The Labute approximate surface area is 111 Å². The molecule has 2 aliphatic heterocycles. The third kappa shape index (κ3) is 2.59. The van der Waals surface area contributed by atoms with Crippen LogP contribution in [0.15, 0.2) is 0 Å². The normalized spacial score (nSPS) is 39.2. The first kappa shape index (κ1) is 12.9. The molecule has 0 radical (unpaired) electrons. The molecule has 0 amide bonds. The molecule has 3 nitrogen and oxygen atoms in total. The summed E-state index contributed by atoms with van der Waals surface area (Å²) in [6.07, 6.45) is 4.10. The summed E-state index contributed by atoms with van der Waals surface area (Å²) in [6, 6.07) is 2.06. The molecule has 3 rings (SSSR count). The van der Waals surface area contributed by atoms with Crippen LogP contribution in [0.4, 0.5) is 0 Å². The molecule has 3 aliphatic rings. The molecule has 0 aromatic carbocycles. The summed E-state index contributed by atoms with van der Waals surface area (Å²) in [5.41, 5.74) is 0.351. The van der Waals surface area contributed by atoms with E-state index in [0.29, 0.717) is 17.5 Å². The van der Waals surface area contributed by atoms with Crippen LogP contribution in [0.3, 0.4) is 0 Å². The maximum absolute atomic E-state index is 5.62. The number of hydrogen-bond acceptors (Lipinski definition) is 3. The Morgan fingerprint density at radius 1 is 1.17 bits per heavy atom. The molecule has 1 N–H and O–H groups in total. The van der Waals surface area contributed by atoms with Crippen molar-refractivity contribution in [1.82, 2.24) is 10.2 Å². The third-order valence-electron chi connectivity index (χ3n) is 4.95. The van der Waals surface area contributed by atoms with Gasteiger partial charge in [-0.05, 0) is 30.6 Å². The highest BCUT2D eigenvalue weighted by atomic mass is 16.5. The quantitative estimate of drug-likeness (QED) is 0.812. The minimum atomic E-state index is 0.351. The van der Waals surface area contributed by atoms with Gasteiger partial charge >= 0.3 is 0 Å². The molecular weight excluding hydrogens is 224 g/mol. The summed E-state index contributed by atoms with van der Waals surface area (Å²) >= 11 is 0. The number of nitrogens with zero attached hydrogens (tertiary/aromatic N) is 1. The maximum atomic E-state index is 5.62. The fourth-order valence-electron chi connectivity index (χ4n) is 3.60. The molecule has 3 unspecified atom stereocenters. The van der Waals surface area contributed by atoms with E-state index < -0.39 is 0 Å². The molecule has 0 spiro atoms. The van der Waals surface area contributed by atoms with Crippen molar-refractivity contribution in [2.45, 2.75) is 58.2 Å². The lowest BCUT2D eigenvalue weighted by Gasteiger charge is -2.49. The first-order valence-corrected chi connectivity index (χ1v) is 7.62. The van der Waals surface area contributed by atoms with Crippen molar-refractivity contribution < 1.29 is 4.74 Å². The highest BCUT2D eigenvalue weighted by molar-refractivity contribution is 5.00. The van der Waals surface area contributed by atoms with E-state index in [4.69, 9.17) is 4.74 Å².